The van der Waals surface area contributed by atoms with Crippen LogP contribution in [-0.4, -0.2) is 46.4 Å². The Morgan fingerprint density at radius 3 is 2.00 bits per heavy atom. The third-order valence-electron chi connectivity index (χ3n) is 5.44. The third kappa shape index (κ3) is 5.50. The van der Waals surface area contributed by atoms with Crippen LogP contribution in [0.25, 0.3) is 0 Å². The molecule has 0 spiro atoms. The van der Waals surface area contributed by atoms with Crippen molar-refractivity contribution in [2.45, 2.75) is 35.6 Å². The van der Waals surface area contributed by atoms with Crippen LogP contribution >= 0.6 is 0 Å². The molecule has 168 valence electrons. The van der Waals surface area contributed by atoms with Crippen molar-refractivity contribution in [2.24, 2.45) is 5.92 Å². The maximum atomic E-state index is 13.1. The van der Waals surface area contributed by atoms with Gasteiger partial charge in [0.2, 0.25) is 15.9 Å². The average molecular weight is 469 g/mol. The van der Waals surface area contributed by atoms with Crippen LogP contribution < -0.4 is 5.32 Å². The molecule has 1 aliphatic rings. The molecule has 3 rings (SSSR count). The summed E-state index contributed by atoms with van der Waals surface area (Å²) in [6, 6.07) is 10.7. The molecule has 31 heavy (non-hydrogen) atoms. The predicted octanol–water partition coefficient (Wildman–Crippen LogP) is 2.51. The van der Waals surface area contributed by atoms with Crippen molar-refractivity contribution in [1.82, 2.24) is 9.62 Å². The number of hydrogen-bond donors (Lipinski definition) is 1. The highest BCUT2D eigenvalue weighted by molar-refractivity contribution is 7.90. The van der Waals surface area contributed by atoms with Crippen LogP contribution in [0, 0.1) is 11.7 Å². The summed E-state index contributed by atoms with van der Waals surface area (Å²) in [5, 5.41) is 2.92. The molecule has 0 aromatic heterocycles. The minimum atomic E-state index is -3.72. The molecule has 2 aromatic rings. The number of amides is 1. The lowest BCUT2D eigenvalue weighted by atomic mass is 9.96. The maximum absolute atomic E-state index is 13.1. The number of nitrogens with one attached hydrogen (secondary N) is 1. The number of hydrogen-bond acceptors (Lipinski definition) is 5. The normalized spacial score (nSPS) is 17.3. The number of rotatable bonds is 6. The van der Waals surface area contributed by atoms with Gasteiger partial charge in [0.15, 0.2) is 9.84 Å². The Morgan fingerprint density at radius 2 is 1.48 bits per heavy atom. The van der Waals surface area contributed by atoms with Gasteiger partial charge in [-0.1, -0.05) is 12.1 Å². The summed E-state index contributed by atoms with van der Waals surface area (Å²) in [6.07, 6.45) is 1.90. The van der Waals surface area contributed by atoms with Crippen LogP contribution in [0.2, 0.25) is 0 Å². The van der Waals surface area contributed by atoms with Gasteiger partial charge in [0.25, 0.3) is 0 Å². The van der Waals surface area contributed by atoms with Gasteiger partial charge in [-0.25, -0.2) is 21.2 Å². The molecule has 1 heterocycles. The molecule has 7 nitrogen and oxygen atoms in total. The largest absolute Gasteiger partial charge is 0.349 e. The summed E-state index contributed by atoms with van der Waals surface area (Å²) in [7, 11) is -7.01. The van der Waals surface area contributed by atoms with E-state index in [1.54, 1.807) is 12.1 Å². The van der Waals surface area contributed by atoms with E-state index < -0.39 is 25.7 Å². The Labute approximate surface area is 182 Å². The van der Waals surface area contributed by atoms with Gasteiger partial charge >= 0.3 is 0 Å². The summed E-state index contributed by atoms with van der Waals surface area (Å²) in [4.78, 5) is 12.9. The number of benzene rings is 2. The monoisotopic (exact) mass is 468 g/mol. The lowest BCUT2D eigenvalue weighted by molar-refractivity contribution is -0.126. The highest BCUT2D eigenvalue weighted by Crippen LogP contribution is 2.25. The molecule has 0 saturated carbocycles. The summed E-state index contributed by atoms with van der Waals surface area (Å²) in [6.45, 7) is 2.21. The highest BCUT2D eigenvalue weighted by atomic mass is 32.2. The van der Waals surface area contributed by atoms with Crippen LogP contribution in [0.5, 0.6) is 0 Å². The lowest BCUT2D eigenvalue weighted by Gasteiger charge is -2.31. The summed E-state index contributed by atoms with van der Waals surface area (Å²) >= 11 is 0. The molecule has 1 saturated heterocycles. The lowest BCUT2D eigenvalue weighted by Crippen LogP contribution is -2.43. The second kappa shape index (κ2) is 9.05. The molecule has 0 unspecified atom stereocenters. The van der Waals surface area contributed by atoms with Gasteiger partial charge in [0.05, 0.1) is 15.8 Å². The van der Waals surface area contributed by atoms with E-state index in [2.05, 4.69) is 5.32 Å². The van der Waals surface area contributed by atoms with E-state index in [1.165, 1.54) is 28.6 Å². The van der Waals surface area contributed by atoms with Gasteiger partial charge < -0.3 is 5.32 Å². The molecule has 1 fully saturated rings. The van der Waals surface area contributed by atoms with Gasteiger partial charge in [-0.2, -0.15) is 4.31 Å². The first-order chi connectivity index (χ1) is 14.5. The highest BCUT2D eigenvalue weighted by Gasteiger charge is 2.32. The Kier molecular flexibility index (Phi) is 6.82. The van der Waals surface area contributed by atoms with E-state index in [4.69, 9.17) is 0 Å². The van der Waals surface area contributed by atoms with E-state index in [9.17, 15) is 26.0 Å². The van der Waals surface area contributed by atoms with Gasteiger partial charge in [-0.05, 0) is 61.7 Å². The molecule has 0 bridgehead atoms. The quantitative estimate of drug-likeness (QED) is 0.702. The van der Waals surface area contributed by atoms with E-state index in [0.29, 0.717) is 12.8 Å². The van der Waals surface area contributed by atoms with Crippen LogP contribution in [0.15, 0.2) is 58.3 Å². The zero-order valence-electron chi connectivity index (χ0n) is 17.3. The Balaban J connectivity index is 1.58. The first kappa shape index (κ1) is 23.4. The average Bonchev–Trinajstić information content (AvgIpc) is 2.73. The maximum Gasteiger partial charge on any atom is 0.243 e. The topological polar surface area (TPSA) is 101 Å². The number of piperidine rings is 1. The minimum Gasteiger partial charge on any atom is -0.349 e. The number of carbonyl (C=O) groups excluding carboxylic acids is 1. The van der Waals surface area contributed by atoms with Gasteiger partial charge in [0, 0.05) is 25.3 Å². The number of carbonyl (C=O) groups is 1. The Hall–Kier alpha value is -2.30. The Bertz CT molecular complexity index is 1140. The smallest absolute Gasteiger partial charge is 0.243 e. The van der Waals surface area contributed by atoms with Crippen molar-refractivity contribution in [1.29, 1.82) is 0 Å². The van der Waals surface area contributed by atoms with Crippen molar-refractivity contribution < 1.29 is 26.0 Å². The van der Waals surface area contributed by atoms with Crippen molar-refractivity contribution in [3.8, 4) is 0 Å². The molecular formula is C21H25FN2O5S2. The second-order valence-electron chi connectivity index (χ2n) is 7.70. The van der Waals surface area contributed by atoms with E-state index in [0.717, 1.165) is 24.0 Å². The van der Waals surface area contributed by atoms with Gasteiger partial charge in [0.1, 0.15) is 5.82 Å². The number of halogens is 1. The zero-order chi connectivity index (χ0) is 22.8. The molecule has 2 aromatic carbocycles. The fourth-order valence-corrected chi connectivity index (χ4v) is 5.63. The SMILES string of the molecule is C[C@H](NC(=O)C1CCN(S(=O)(=O)c2ccc(F)cc2)CC1)c1ccc(S(C)(=O)=O)cc1. The van der Waals surface area contributed by atoms with Crippen LogP contribution in [-0.2, 0) is 24.7 Å². The second-order valence-corrected chi connectivity index (χ2v) is 11.7. The van der Waals surface area contributed by atoms with Crippen LogP contribution in [0.4, 0.5) is 4.39 Å². The van der Waals surface area contributed by atoms with Crippen molar-refractivity contribution in [3.63, 3.8) is 0 Å². The number of nitrogens with zero attached hydrogens (tertiary/aromatic N) is 1. The summed E-state index contributed by atoms with van der Waals surface area (Å²) in [5.41, 5.74) is 0.775. The molecule has 1 aliphatic heterocycles. The Morgan fingerprint density at radius 1 is 0.968 bits per heavy atom. The van der Waals surface area contributed by atoms with E-state index in [1.807, 2.05) is 6.92 Å². The van der Waals surface area contributed by atoms with Gasteiger partial charge in [-0.3, -0.25) is 4.79 Å². The third-order valence-corrected chi connectivity index (χ3v) is 8.48. The predicted molar refractivity (Wildman–Crippen MR) is 114 cm³/mol. The zero-order valence-corrected chi connectivity index (χ0v) is 18.9. The molecule has 1 atom stereocenters. The fraction of sp³-hybridized carbons (Fsp3) is 0.381. The first-order valence-electron chi connectivity index (χ1n) is 9.84. The fourth-order valence-electron chi connectivity index (χ4n) is 3.53. The molecule has 0 radical (unpaired) electrons. The molecule has 0 aliphatic carbocycles. The summed E-state index contributed by atoms with van der Waals surface area (Å²) in [5.74, 6) is -0.995. The van der Waals surface area contributed by atoms with Crippen molar-refractivity contribution in [3.05, 3.63) is 59.9 Å². The van der Waals surface area contributed by atoms with E-state index >= 15 is 0 Å². The molecule has 10 heteroatoms. The van der Waals surface area contributed by atoms with Crippen LogP contribution in [0.3, 0.4) is 0 Å². The molecular weight excluding hydrogens is 443 g/mol. The van der Waals surface area contributed by atoms with Gasteiger partial charge in [-0.15, -0.1) is 0 Å². The minimum absolute atomic E-state index is 0.0305. The standard InChI is InChI=1S/C21H25FN2O5S2/c1-15(16-3-7-19(8-4-16)30(2,26)27)23-21(25)17-11-13-24(14-12-17)31(28,29)20-9-5-18(22)6-10-20/h3-10,15,17H,11-14H2,1-2H3,(H,23,25)/t15-/m0/s1. The first-order valence-corrected chi connectivity index (χ1v) is 13.2. The van der Waals surface area contributed by atoms with Crippen LogP contribution in [0.1, 0.15) is 31.4 Å². The van der Waals surface area contributed by atoms with Crippen molar-refractivity contribution >= 4 is 25.8 Å². The van der Waals surface area contributed by atoms with E-state index in [-0.39, 0.29) is 40.7 Å². The van der Waals surface area contributed by atoms with Crippen molar-refractivity contribution in [2.75, 3.05) is 19.3 Å². The number of sulfonamides is 1. The molecule has 1 amide bonds. The summed E-state index contributed by atoms with van der Waals surface area (Å²) < 4.78 is 62.9. The molecule has 1 N–H and O–H groups in total. The number of sulfone groups is 1.